The lowest BCUT2D eigenvalue weighted by Gasteiger charge is -2.17. The molecule has 1 atom stereocenters. The first-order valence-corrected chi connectivity index (χ1v) is 9.81. The third kappa shape index (κ3) is 3.26. The number of aromatic nitrogens is 1. The van der Waals surface area contributed by atoms with Gasteiger partial charge in [-0.15, -0.1) is 0 Å². The molecule has 2 amide bonds. The SMILES string of the molecule is CN1C(=O)c2ccccc2[S@@+]([O-])c2ccc(C(=O)NCc3cccnc3)cc21. The van der Waals surface area contributed by atoms with Crippen LogP contribution in [0.25, 0.3) is 0 Å². The Hall–Kier alpha value is -3.16. The van der Waals surface area contributed by atoms with Crippen molar-refractivity contribution in [3.8, 4) is 0 Å². The molecule has 0 fully saturated rings. The second kappa shape index (κ2) is 7.46. The summed E-state index contributed by atoms with van der Waals surface area (Å²) < 4.78 is 13.0. The normalized spacial score (nSPS) is 15.4. The van der Waals surface area contributed by atoms with Gasteiger partial charge in [-0.2, -0.15) is 0 Å². The molecule has 2 heterocycles. The molecule has 0 aliphatic carbocycles. The van der Waals surface area contributed by atoms with Gasteiger partial charge in [-0.25, -0.2) is 0 Å². The lowest BCUT2D eigenvalue weighted by Crippen LogP contribution is -2.27. The van der Waals surface area contributed by atoms with Crippen molar-refractivity contribution in [2.45, 2.75) is 16.3 Å². The predicted molar refractivity (Wildman–Crippen MR) is 106 cm³/mol. The Morgan fingerprint density at radius 1 is 1.14 bits per heavy atom. The lowest BCUT2D eigenvalue weighted by molar-refractivity contribution is 0.0948. The van der Waals surface area contributed by atoms with Crippen LogP contribution in [0.5, 0.6) is 0 Å². The average molecular weight is 391 g/mol. The van der Waals surface area contributed by atoms with Gasteiger partial charge in [0, 0.05) is 42.7 Å². The summed E-state index contributed by atoms with van der Waals surface area (Å²) in [6, 6.07) is 15.4. The maximum atomic E-state index is 13.0. The number of pyridine rings is 1. The van der Waals surface area contributed by atoms with Crippen molar-refractivity contribution in [3.05, 3.63) is 83.7 Å². The number of benzene rings is 2. The van der Waals surface area contributed by atoms with E-state index in [2.05, 4.69) is 10.3 Å². The first kappa shape index (κ1) is 18.2. The number of fused-ring (bicyclic) bond motifs is 2. The van der Waals surface area contributed by atoms with Crippen LogP contribution in [0.15, 0.2) is 76.8 Å². The maximum absolute atomic E-state index is 13.0. The van der Waals surface area contributed by atoms with Gasteiger partial charge in [-0.05, 0) is 42.0 Å². The molecule has 0 spiro atoms. The van der Waals surface area contributed by atoms with Gasteiger partial charge in [0.2, 0.25) is 0 Å². The largest absolute Gasteiger partial charge is 0.606 e. The maximum Gasteiger partial charge on any atom is 0.263 e. The Morgan fingerprint density at radius 2 is 1.96 bits per heavy atom. The molecule has 1 aromatic heterocycles. The fourth-order valence-corrected chi connectivity index (χ4v) is 4.45. The average Bonchev–Trinajstić information content (AvgIpc) is 2.83. The zero-order valence-corrected chi connectivity index (χ0v) is 15.9. The molecule has 0 saturated heterocycles. The van der Waals surface area contributed by atoms with E-state index in [1.807, 2.05) is 6.07 Å². The molecule has 140 valence electrons. The van der Waals surface area contributed by atoms with Crippen molar-refractivity contribution >= 4 is 28.7 Å². The molecule has 7 heteroatoms. The fourth-order valence-electron chi connectivity index (χ4n) is 3.08. The van der Waals surface area contributed by atoms with Crippen LogP contribution in [-0.2, 0) is 17.7 Å². The molecular formula is C21H17N3O3S. The number of carbonyl (C=O) groups excluding carboxylic acids is 2. The number of hydrogen-bond donors (Lipinski definition) is 1. The number of carbonyl (C=O) groups is 2. The standard InChI is InChI=1S/C21H17N3O3S/c1-24-17-11-15(20(25)23-13-14-5-4-10-22-12-14)8-9-19(17)28(27)18-7-3-2-6-16(18)21(24)26/h2-12H,13H2,1H3,(H,23,25)/t28-/m1/s1. The van der Waals surface area contributed by atoms with E-state index in [1.165, 1.54) is 4.90 Å². The molecule has 0 bridgehead atoms. The third-order valence-corrected chi connectivity index (χ3v) is 6.08. The van der Waals surface area contributed by atoms with E-state index in [9.17, 15) is 14.1 Å². The van der Waals surface area contributed by atoms with E-state index in [-0.39, 0.29) is 11.8 Å². The van der Waals surface area contributed by atoms with E-state index in [0.717, 1.165) is 5.56 Å². The van der Waals surface area contributed by atoms with Crippen molar-refractivity contribution in [1.29, 1.82) is 0 Å². The van der Waals surface area contributed by atoms with Crippen molar-refractivity contribution in [2.75, 3.05) is 11.9 Å². The molecule has 3 aromatic rings. The summed E-state index contributed by atoms with van der Waals surface area (Å²) in [4.78, 5) is 31.8. The molecule has 1 aliphatic heterocycles. The Kier molecular flexibility index (Phi) is 4.85. The first-order valence-electron chi connectivity index (χ1n) is 8.66. The second-order valence-corrected chi connectivity index (χ2v) is 7.77. The van der Waals surface area contributed by atoms with E-state index in [0.29, 0.717) is 33.2 Å². The first-order chi connectivity index (χ1) is 13.6. The highest BCUT2D eigenvalue weighted by Crippen LogP contribution is 2.36. The van der Waals surface area contributed by atoms with Gasteiger partial charge in [0.15, 0.2) is 9.79 Å². The minimum Gasteiger partial charge on any atom is -0.606 e. The zero-order valence-electron chi connectivity index (χ0n) is 15.1. The summed E-state index contributed by atoms with van der Waals surface area (Å²) in [5.41, 5.74) is 2.15. The number of anilines is 1. The summed E-state index contributed by atoms with van der Waals surface area (Å²) in [5, 5.41) is 2.83. The molecule has 0 saturated carbocycles. The summed E-state index contributed by atoms with van der Waals surface area (Å²) in [6.07, 6.45) is 3.35. The minimum atomic E-state index is -1.51. The van der Waals surface area contributed by atoms with Crippen LogP contribution >= 0.6 is 0 Å². The molecule has 28 heavy (non-hydrogen) atoms. The molecule has 0 unspecified atom stereocenters. The number of nitrogens with zero attached hydrogens (tertiary/aromatic N) is 2. The Morgan fingerprint density at radius 3 is 2.75 bits per heavy atom. The summed E-state index contributed by atoms with van der Waals surface area (Å²) >= 11 is -1.51. The number of nitrogens with one attached hydrogen (secondary N) is 1. The number of rotatable bonds is 3. The van der Waals surface area contributed by atoms with Gasteiger partial charge in [0.1, 0.15) is 5.69 Å². The van der Waals surface area contributed by atoms with Gasteiger partial charge >= 0.3 is 0 Å². The molecule has 6 nitrogen and oxygen atoms in total. The fraction of sp³-hybridized carbons (Fsp3) is 0.0952. The van der Waals surface area contributed by atoms with E-state index < -0.39 is 11.2 Å². The highest BCUT2D eigenvalue weighted by Gasteiger charge is 2.34. The van der Waals surface area contributed by atoms with Crippen LogP contribution in [0.3, 0.4) is 0 Å². The van der Waals surface area contributed by atoms with E-state index in [1.54, 1.807) is 68.0 Å². The van der Waals surface area contributed by atoms with Crippen LogP contribution in [-0.4, -0.2) is 28.4 Å². The number of hydrogen-bond acceptors (Lipinski definition) is 4. The van der Waals surface area contributed by atoms with Crippen LogP contribution in [0, 0.1) is 0 Å². The van der Waals surface area contributed by atoms with Gasteiger partial charge in [-0.3, -0.25) is 14.6 Å². The lowest BCUT2D eigenvalue weighted by atomic mass is 10.1. The minimum absolute atomic E-state index is 0.254. The van der Waals surface area contributed by atoms with Gasteiger partial charge in [0.25, 0.3) is 11.8 Å². The Bertz CT molecular complexity index is 1060. The summed E-state index contributed by atoms with van der Waals surface area (Å²) in [7, 11) is 1.62. The quantitative estimate of drug-likeness (QED) is 0.696. The molecule has 1 aliphatic rings. The van der Waals surface area contributed by atoms with Crippen LogP contribution in [0.4, 0.5) is 5.69 Å². The van der Waals surface area contributed by atoms with Crippen molar-refractivity contribution < 1.29 is 14.1 Å². The molecule has 4 rings (SSSR count). The van der Waals surface area contributed by atoms with E-state index in [4.69, 9.17) is 0 Å². The topological polar surface area (TPSA) is 85.4 Å². The van der Waals surface area contributed by atoms with Crippen LogP contribution in [0.1, 0.15) is 26.3 Å². The van der Waals surface area contributed by atoms with Gasteiger partial charge in [-0.1, -0.05) is 18.2 Å². The van der Waals surface area contributed by atoms with Crippen LogP contribution < -0.4 is 10.2 Å². The monoisotopic (exact) mass is 391 g/mol. The van der Waals surface area contributed by atoms with Gasteiger partial charge < -0.3 is 14.8 Å². The predicted octanol–water partition coefficient (Wildman–Crippen LogP) is 2.77. The molecule has 2 aromatic carbocycles. The molecule has 0 radical (unpaired) electrons. The Labute approximate surface area is 165 Å². The van der Waals surface area contributed by atoms with E-state index >= 15 is 0 Å². The Balaban J connectivity index is 1.65. The summed E-state index contributed by atoms with van der Waals surface area (Å²) in [5.74, 6) is -0.532. The van der Waals surface area contributed by atoms with Crippen LogP contribution in [0.2, 0.25) is 0 Å². The highest BCUT2D eigenvalue weighted by molar-refractivity contribution is 7.91. The van der Waals surface area contributed by atoms with Crippen molar-refractivity contribution in [2.24, 2.45) is 0 Å². The smallest absolute Gasteiger partial charge is 0.263 e. The third-order valence-electron chi connectivity index (χ3n) is 4.58. The molecular weight excluding hydrogens is 374 g/mol. The van der Waals surface area contributed by atoms with Crippen molar-refractivity contribution in [1.82, 2.24) is 10.3 Å². The molecule has 1 N–H and O–H groups in total. The highest BCUT2D eigenvalue weighted by atomic mass is 32.2. The number of amides is 2. The van der Waals surface area contributed by atoms with Gasteiger partial charge in [0.05, 0.1) is 5.56 Å². The van der Waals surface area contributed by atoms with Crippen molar-refractivity contribution in [3.63, 3.8) is 0 Å². The zero-order chi connectivity index (χ0) is 19.7. The summed E-state index contributed by atoms with van der Waals surface area (Å²) in [6.45, 7) is 0.343. The second-order valence-electron chi connectivity index (χ2n) is 6.36.